The third kappa shape index (κ3) is 5.30. The van der Waals surface area contributed by atoms with Gasteiger partial charge >= 0.3 is 6.18 Å². The average molecular weight is 555 g/mol. The Labute approximate surface area is 215 Å². The van der Waals surface area contributed by atoms with Gasteiger partial charge in [-0.2, -0.15) is 13.2 Å². The van der Waals surface area contributed by atoms with Crippen molar-refractivity contribution >= 4 is 16.0 Å². The van der Waals surface area contributed by atoms with Crippen molar-refractivity contribution in [3.8, 4) is 5.75 Å². The molecule has 3 aromatic rings. The highest BCUT2D eigenvalue weighted by atomic mass is 32.2. The van der Waals surface area contributed by atoms with Crippen LogP contribution in [-0.4, -0.2) is 42.6 Å². The first-order chi connectivity index (χ1) is 18.0. The Morgan fingerprint density at radius 3 is 2.39 bits per heavy atom. The number of ether oxygens (including phenoxy) is 1. The Bertz CT molecular complexity index is 1400. The van der Waals surface area contributed by atoms with Gasteiger partial charge in [0.2, 0.25) is 5.95 Å². The zero-order valence-electron chi connectivity index (χ0n) is 19.8. The van der Waals surface area contributed by atoms with Crippen molar-refractivity contribution < 1.29 is 35.1 Å². The van der Waals surface area contributed by atoms with E-state index in [9.17, 15) is 26.0 Å². The normalized spacial score (nSPS) is 22.4. The van der Waals surface area contributed by atoms with Gasteiger partial charge in [0.25, 0.3) is 10.0 Å². The highest BCUT2D eigenvalue weighted by Gasteiger charge is 2.46. The van der Waals surface area contributed by atoms with Crippen molar-refractivity contribution in [3.05, 3.63) is 77.6 Å². The molecule has 0 spiro atoms. The van der Waals surface area contributed by atoms with Gasteiger partial charge in [-0.05, 0) is 49.2 Å². The number of nitrogens with zero attached hydrogens (tertiary/aromatic N) is 3. The Kier molecular flexibility index (Phi) is 6.99. The van der Waals surface area contributed by atoms with Gasteiger partial charge in [0.1, 0.15) is 22.3 Å². The highest BCUT2D eigenvalue weighted by Crippen LogP contribution is 2.48. The number of piperidine rings is 1. The summed E-state index contributed by atoms with van der Waals surface area (Å²) in [6.07, 6.45) is -1.78. The van der Waals surface area contributed by atoms with Gasteiger partial charge in [-0.25, -0.2) is 31.9 Å². The molecule has 0 amide bonds. The Morgan fingerprint density at radius 2 is 1.71 bits per heavy atom. The van der Waals surface area contributed by atoms with E-state index in [2.05, 4.69) is 14.7 Å². The Balaban J connectivity index is 1.49. The van der Waals surface area contributed by atoms with Crippen LogP contribution in [-0.2, 0) is 10.0 Å². The van der Waals surface area contributed by atoms with Crippen LogP contribution in [0.1, 0.15) is 42.5 Å². The molecule has 7 nitrogen and oxygen atoms in total. The number of anilines is 1. The summed E-state index contributed by atoms with van der Waals surface area (Å²) in [5, 5.41) is 0. The average Bonchev–Trinajstić information content (AvgIpc) is 2.88. The first kappa shape index (κ1) is 26.3. The largest absolute Gasteiger partial charge is 0.493 e. The molecule has 0 radical (unpaired) electrons. The molecule has 1 N–H and O–H groups in total. The van der Waals surface area contributed by atoms with Gasteiger partial charge in [-0.1, -0.05) is 12.1 Å². The number of fused-ring (bicyclic) bond motifs is 1. The van der Waals surface area contributed by atoms with Crippen LogP contribution in [0.2, 0.25) is 0 Å². The molecule has 3 heterocycles. The molecule has 3 atom stereocenters. The number of alkyl halides is 3. The van der Waals surface area contributed by atoms with Crippen LogP contribution in [0.4, 0.5) is 27.9 Å². The Hall–Kier alpha value is -3.32. The third-order valence-corrected chi connectivity index (χ3v) is 8.26. The summed E-state index contributed by atoms with van der Waals surface area (Å²) in [6.45, 7) is 0.207. The number of halogens is 5. The molecule has 2 aliphatic heterocycles. The number of hydrogen-bond acceptors (Lipinski definition) is 6. The standard InChI is InChI=1S/C25H23F5N4O3S/c26-17-4-2-15(3-5-17)21-12-16(25(28,29)30)6-10-34(21)20-7-11-37-22-14-23(19(27)13-18(20)22)38(35,36)33-24-31-8-1-9-32-24/h1-5,8-9,13-14,16,20-21H,6-7,10-12H2,(H,31,32,33)/t16?,20-,21+/m1/s1. The van der Waals surface area contributed by atoms with E-state index in [1.807, 2.05) is 4.90 Å². The molecule has 1 saturated heterocycles. The van der Waals surface area contributed by atoms with E-state index in [1.54, 1.807) is 0 Å². The van der Waals surface area contributed by atoms with Gasteiger partial charge in [0.15, 0.2) is 0 Å². The molecular formula is C25H23F5N4O3S. The van der Waals surface area contributed by atoms with Crippen molar-refractivity contribution in [3.63, 3.8) is 0 Å². The summed E-state index contributed by atoms with van der Waals surface area (Å²) in [4.78, 5) is 8.74. The fraction of sp³-hybridized carbons (Fsp3) is 0.360. The number of sulfonamides is 1. The zero-order chi connectivity index (χ0) is 27.1. The maximum atomic E-state index is 15.3. The summed E-state index contributed by atoms with van der Waals surface area (Å²) >= 11 is 0. The van der Waals surface area contributed by atoms with Crippen LogP contribution in [0.3, 0.4) is 0 Å². The summed E-state index contributed by atoms with van der Waals surface area (Å²) in [5.41, 5.74) is 0.848. The number of rotatable bonds is 5. The quantitative estimate of drug-likeness (QED) is 0.426. The lowest BCUT2D eigenvalue weighted by Gasteiger charge is -2.46. The monoisotopic (exact) mass is 554 g/mol. The maximum Gasteiger partial charge on any atom is 0.391 e. The minimum Gasteiger partial charge on any atom is -0.493 e. The predicted molar refractivity (Wildman–Crippen MR) is 127 cm³/mol. The number of benzene rings is 2. The lowest BCUT2D eigenvalue weighted by Crippen LogP contribution is -2.44. The molecule has 1 fully saturated rings. The summed E-state index contributed by atoms with van der Waals surface area (Å²) in [6, 6.07) is 7.66. The van der Waals surface area contributed by atoms with E-state index >= 15 is 4.39 Å². The van der Waals surface area contributed by atoms with Crippen molar-refractivity contribution in [2.75, 3.05) is 17.9 Å². The lowest BCUT2D eigenvalue weighted by atomic mass is 9.84. The summed E-state index contributed by atoms with van der Waals surface area (Å²) in [7, 11) is -4.41. The van der Waals surface area contributed by atoms with Crippen molar-refractivity contribution in [2.24, 2.45) is 5.92 Å². The lowest BCUT2D eigenvalue weighted by molar-refractivity contribution is -0.192. The minimum atomic E-state index is -4.41. The molecule has 0 saturated carbocycles. The second-order valence-electron chi connectivity index (χ2n) is 9.22. The second kappa shape index (κ2) is 10.1. The van der Waals surface area contributed by atoms with E-state index in [1.165, 1.54) is 42.7 Å². The van der Waals surface area contributed by atoms with Gasteiger partial charge < -0.3 is 4.74 Å². The van der Waals surface area contributed by atoms with E-state index in [0.29, 0.717) is 17.5 Å². The molecule has 0 bridgehead atoms. The van der Waals surface area contributed by atoms with E-state index in [-0.39, 0.29) is 37.7 Å². The smallest absolute Gasteiger partial charge is 0.391 e. The molecule has 1 aromatic heterocycles. The molecule has 13 heteroatoms. The van der Waals surface area contributed by atoms with E-state index in [0.717, 1.165) is 12.1 Å². The second-order valence-corrected chi connectivity index (χ2v) is 10.9. The number of likely N-dealkylation sites (tertiary alicyclic amines) is 1. The maximum absolute atomic E-state index is 15.3. The molecular weight excluding hydrogens is 531 g/mol. The first-order valence-electron chi connectivity index (χ1n) is 11.9. The minimum absolute atomic E-state index is 0.0604. The van der Waals surface area contributed by atoms with Gasteiger partial charge in [0.05, 0.1) is 12.5 Å². The van der Waals surface area contributed by atoms with E-state index < -0.39 is 50.7 Å². The number of hydrogen-bond donors (Lipinski definition) is 1. The van der Waals surface area contributed by atoms with Crippen LogP contribution in [0.15, 0.2) is 59.8 Å². The molecule has 5 rings (SSSR count). The summed E-state index contributed by atoms with van der Waals surface area (Å²) in [5.74, 6) is -3.22. The van der Waals surface area contributed by atoms with Crippen LogP contribution in [0, 0.1) is 17.6 Å². The van der Waals surface area contributed by atoms with Crippen LogP contribution < -0.4 is 9.46 Å². The van der Waals surface area contributed by atoms with E-state index in [4.69, 9.17) is 4.74 Å². The van der Waals surface area contributed by atoms with Crippen molar-refractivity contribution in [2.45, 2.75) is 42.4 Å². The molecule has 2 aliphatic rings. The van der Waals surface area contributed by atoms with Gasteiger partial charge in [-0.15, -0.1) is 0 Å². The summed E-state index contributed by atoms with van der Waals surface area (Å²) < 4.78 is 103. The SMILES string of the molecule is O=S(=O)(Nc1ncccn1)c1cc2c(cc1F)[C@H](N1CCC(C(F)(F)F)C[C@H]1c1ccc(F)cc1)CCO2. The van der Waals surface area contributed by atoms with Gasteiger partial charge in [0, 0.05) is 42.5 Å². The predicted octanol–water partition coefficient (Wildman–Crippen LogP) is 5.39. The molecule has 2 aromatic carbocycles. The number of aromatic nitrogens is 2. The molecule has 0 aliphatic carbocycles. The fourth-order valence-electron chi connectivity index (χ4n) is 5.12. The van der Waals surface area contributed by atoms with Crippen molar-refractivity contribution in [1.82, 2.24) is 14.9 Å². The highest BCUT2D eigenvalue weighted by molar-refractivity contribution is 7.92. The first-order valence-corrected chi connectivity index (χ1v) is 13.4. The van der Waals surface area contributed by atoms with Gasteiger partial charge in [-0.3, -0.25) is 4.90 Å². The van der Waals surface area contributed by atoms with Crippen molar-refractivity contribution in [1.29, 1.82) is 0 Å². The fourth-order valence-corrected chi connectivity index (χ4v) is 6.15. The van der Waals surface area contributed by atoms with Crippen LogP contribution in [0.5, 0.6) is 5.75 Å². The molecule has 202 valence electrons. The molecule has 38 heavy (non-hydrogen) atoms. The topological polar surface area (TPSA) is 84.4 Å². The number of nitrogens with one attached hydrogen (secondary N) is 1. The molecule has 1 unspecified atom stereocenters. The van der Waals surface area contributed by atoms with Crippen LogP contribution >= 0.6 is 0 Å². The zero-order valence-corrected chi connectivity index (χ0v) is 20.6. The van der Waals surface area contributed by atoms with Crippen LogP contribution in [0.25, 0.3) is 0 Å². The Morgan fingerprint density at radius 1 is 1.00 bits per heavy atom. The third-order valence-electron chi connectivity index (χ3n) is 6.92.